The van der Waals surface area contributed by atoms with Crippen LogP contribution in [0.15, 0.2) is 24.5 Å². The zero-order chi connectivity index (χ0) is 26.0. The monoisotopic (exact) mass is 511 g/mol. The minimum absolute atomic E-state index is 0.00209. The Balaban J connectivity index is 1.55. The Labute approximate surface area is 203 Å². The number of rotatable bonds is 7. The third kappa shape index (κ3) is 5.41. The van der Waals surface area contributed by atoms with E-state index in [0.29, 0.717) is 25.2 Å². The van der Waals surface area contributed by atoms with Crippen LogP contribution < -0.4 is 25.2 Å². The van der Waals surface area contributed by atoms with Crippen molar-refractivity contribution in [2.24, 2.45) is 0 Å². The highest BCUT2D eigenvalue weighted by Crippen LogP contribution is 2.39. The molecule has 194 valence electrons. The van der Waals surface area contributed by atoms with Crippen LogP contribution in [0, 0.1) is 0 Å². The first-order valence-corrected chi connectivity index (χ1v) is 11.0. The van der Waals surface area contributed by atoms with Crippen LogP contribution in [0.3, 0.4) is 0 Å². The van der Waals surface area contributed by atoms with Gasteiger partial charge >= 0.3 is 12.2 Å². The molecular weight excluding hydrogens is 487 g/mol. The Hall–Kier alpha value is -3.72. The number of carbonyl (C=O) groups is 2. The number of aromatic nitrogens is 3. The van der Waals surface area contributed by atoms with Gasteiger partial charge in [0.05, 0.1) is 30.7 Å². The molecule has 1 fully saturated rings. The molecule has 0 aliphatic carbocycles. The van der Waals surface area contributed by atoms with E-state index in [1.807, 2.05) is 10.2 Å². The number of urea groups is 1. The van der Waals surface area contributed by atoms with Gasteiger partial charge in [-0.1, -0.05) is 0 Å². The Bertz CT molecular complexity index is 1140. The van der Waals surface area contributed by atoms with Crippen molar-refractivity contribution in [1.82, 2.24) is 20.3 Å². The number of anilines is 3. The average molecular weight is 511 g/mol. The number of hydrogen-bond acceptors (Lipinski definition) is 9. The number of carbonyl (C=O) groups excluding carboxylic acids is 2. The van der Waals surface area contributed by atoms with Gasteiger partial charge in [-0.25, -0.2) is 9.78 Å². The van der Waals surface area contributed by atoms with Gasteiger partial charge in [0.1, 0.15) is 24.4 Å². The van der Waals surface area contributed by atoms with Crippen molar-refractivity contribution < 1.29 is 37.7 Å². The summed E-state index contributed by atoms with van der Waals surface area (Å²) in [7, 11) is 0. The number of aliphatic hydroxyl groups is 2. The summed E-state index contributed by atoms with van der Waals surface area (Å²) < 4.78 is 43.9. The summed E-state index contributed by atoms with van der Waals surface area (Å²) in [6.45, 7) is 1.24. The molecule has 0 saturated carbocycles. The zero-order valence-electron chi connectivity index (χ0n) is 19.1. The minimum atomic E-state index is -4.62. The Kier molecular flexibility index (Phi) is 7.12. The lowest BCUT2D eigenvalue weighted by Crippen LogP contribution is -2.49. The van der Waals surface area contributed by atoms with E-state index in [2.05, 4.69) is 20.3 Å². The fourth-order valence-electron chi connectivity index (χ4n) is 3.83. The smallest absolute Gasteiger partial charge is 0.408 e. The minimum Gasteiger partial charge on any atom is -0.474 e. The maximum Gasteiger partial charge on any atom is 0.408 e. The number of amides is 3. The normalized spacial score (nSPS) is 18.3. The fourth-order valence-corrected chi connectivity index (χ4v) is 3.83. The Morgan fingerprint density at radius 1 is 1.28 bits per heavy atom. The highest BCUT2D eigenvalue weighted by atomic mass is 19.4. The molecule has 4 rings (SSSR count). The second-order valence-electron chi connectivity index (χ2n) is 8.35. The number of fused-ring (bicyclic) bond motifs is 4. The van der Waals surface area contributed by atoms with Gasteiger partial charge in [0.15, 0.2) is 11.6 Å². The van der Waals surface area contributed by atoms with E-state index < -0.39 is 36.9 Å². The highest BCUT2D eigenvalue weighted by Gasteiger charge is 2.41. The molecule has 2 bridgehead atoms. The molecule has 4 N–H and O–H groups in total. The number of aliphatic hydroxyl groups excluding tert-OH is 2. The van der Waals surface area contributed by atoms with Gasteiger partial charge in [-0.15, -0.1) is 0 Å². The predicted octanol–water partition coefficient (Wildman–Crippen LogP) is 0.915. The van der Waals surface area contributed by atoms with Crippen LogP contribution in [0.5, 0.6) is 5.88 Å². The molecule has 2 aliphatic heterocycles. The molecule has 4 heterocycles. The number of alkyl halides is 3. The number of ether oxygens (including phenoxy) is 1. The summed E-state index contributed by atoms with van der Waals surface area (Å²) in [5.41, 5.74) is 0.309. The third-order valence-corrected chi connectivity index (χ3v) is 5.72. The van der Waals surface area contributed by atoms with Crippen LogP contribution >= 0.6 is 0 Å². The van der Waals surface area contributed by atoms with Crippen molar-refractivity contribution in [1.29, 1.82) is 0 Å². The van der Waals surface area contributed by atoms with E-state index in [1.54, 1.807) is 6.07 Å². The Morgan fingerprint density at radius 2 is 2.06 bits per heavy atom. The van der Waals surface area contributed by atoms with Gasteiger partial charge in [-0.2, -0.15) is 18.2 Å². The summed E-state index contributed by atoms with van der Waals surface area (Å²) in [4.78, 5) is 41.3. The van der Waals surface area contributed by atoms with Crippen molar-refractivity contribution >= 4 is 29.3 Å². The van der Waals surface area contributed by atoms with Gasteiger partial charge in [0.2, 0.25) is 5.88 Å². The van der Waals surface area contributed by atoms with Gasteiger partial charge in [-0.3, -0.25) is 20.0 Å². The molecule has 0 unspecified atom stereocenters. The van der Waals surface area contributed by atoms with Crippen molar-refractivity contribution in [2.75, 3.05) is 41.4 Å². The number of hydrogen-bond donors (Lipinski definition) is 4. The standard InChI is InChI=1S/C21H24F3N7O5/c1-11(21(22,23)24)26-19(34)14-2-3-15-18(27-14)31(12-4-5-30(15)8-12)20(35)29-16-6-25-7-17(28-16)36-10-13(33)9-32/h2-3,6-7,11-13,32-33H,4-5,8-10H2,1H3,(H,26,34)(H,28,29,35)/t11-,12+,13-/m1/s1. The molecule has 12 nitrogen and oxygen atoms in total. The number of nitrogens with one attached hydrogen (secondary N) is 2. The molecule has 0 radical (unpaired) electrons. The first-order valence-electron chi connectivity index (χ1n) is 11.0. The number of pyridine rings is 1. The average Bonchev–Trinajstić information content (AvgIpc) is 3.25. The zero-order valence-corrected chi connectivity index (χ0v) is 19.1. The molecule has 2 aromatic rings. The van der Waals surface area contributed by atoms with E-state index in [4.69, 9.17) is 9.84 Å². The van der Waals surface area contributed by atoms with E-state index in [9.17, 15) is 27.9 Å². The second-order valence-corrected chi connectivity index (χ2v) is 8.35. The van der Waals surface area contributed by atoms with Crippen LogP contribution in [0.4, 0.5) is 35.3 Å². The fraction of sp³-hybridized carbons (Fsp3) is 0.476. The molecular formula is C21H24F3N7O5. The number of nitrogens with zero attached hydrogens (tertiary/aromatic N) is 5. The van der Waals surface area contributed by atoms with Crippen molar-refractivity contribution in [2.45, 2.75) is 37.7 Å². The van der Waals surface area contributed by atoms with Crippen LogP contribution in [0.25, 0.3) is 0 Å². The maximum absolute atomic E-state index is 13.3. The van der Waals surface area contributed by atoms with Crippen LogP contribution in [-0.4, -0.2) is 87.8 Å². The van der Waals surface area contributed by atoms with Crippen molar-refractivity contribution in [3.05, 3.63) is 30.2 Å². The SMILES string of the molecule is C[C@@H](NC(=O)c1ccc2c(n1)N(C(=O)Nc1cncc(OC[C@H](O)CO)n1)[C@H]1CCN2C1)C(F)(F)F. The van der Waals surface area contributed by atoms with Crippen molar-refractivity contribution in [3.8, 4) is 5.88 Å². The number of halogens is 3. The molecule has 1 saturated heterocycles. The first-order chi connectivity index (χ1) is 17.1. The summed E-state index contributed by atoms with van der Waals surface area (Å²) in [5.74, 6) is -0.843. The first kappa shape index (κ1) is 25.4. The molecule has 15 heteroatoms. The molecule has 36 heavy (non-hydrogen) atoms. The lowest BCUT2D eigenvalue weighted by atomic mass is 10.1. The summed E-state index contributed by atoms with van der Waals surface area (Å²) in [6.07, 6.45) is -2.58. The van der Waals surface area contributed by atoms with Crippen LogP contribution in [-0.2, 0) is 0 Å². The molecule has 3 amide bonds. The topological polar surface area (TPSA) is 153 Å². The highest BCUT2D eigenvalue weighted by molar-refractivity contribution is 6.05. The largest absolute Gasteiger partial charge is 0.474 e. The molecule has 0 aromatic carbocycles. The maximum atomic E-state index is 13.3. The summed E-state index contributed by atoms with van der Waals surface area (Å²) in [5, 5.41) is 22.8. The summed E-state index contributed by atoms with van der Waals surface area (Å²) in [6, 6.07) is -0.117. The Morgan fingerprint density at radius 3 is 2.78 bits per heavy atom. The molecule has 0 spiro atoms. The van der Waals surface area contributed by atoms with E-state index in [1.165, 1.54) is 23.4 Å². The van der Waals surface area contributed by atoms with E-state index in [-0.39, 0.29) is 35.9 Å². The van der Waals surface area contributed by atoms with E-state index in [0.717, 1.165) is 6.92 Å². The van der Waals surface area contributed by atoms with E-state index >= 15 is 0 Å². The van der Waals surface area contributed by atoms with Crippen LogP contribution in [0.1, 0.15) is 23.8 Å². The molecule has 2 aromatic heterocycles. The van der Waals surface area contributed by atoms with Gasteiger partial charge < -0.3 is 25.2 Å². The second kappa shape index (κ2) is 10.1. The van der Waals surface area contributed by atoms with Gasteiger partial charge in [0, 0.05) is 13.1 Å². The molecule has 3 atom stereocenters. The molecule has 2 aliphatic rings. The van der Waals surface area contributed by atoms with Gasteiger partial charge in [-0.05, 0) is 25.5 Å². The third-order valence-electron chi connectivity index (χ3n) is 5.72. The lowest BCUT2D eigenvalue weighted by Gasteiger charge is -2.35. The lowest BCUT2D eigenvalue weighted by molar-refractivity contribution is -0.149. The quantitative estimate of drug-likeness (QED) is 0.425. The van der Waals surface area contributed by atoms with Crippen LogP contribution in [0.2, 0.25) is 0 Å². The predicted molar refractivity (Wildman–Crippen MR) is 120 cm³/mol. The van der Waals surface area contributed by atoms with Gasteiger partial charge in [0.25, 0.3) is 5.91 Å². The summed E-state index contributed by atoms with van der Waals surface area (Å²) >= 11 is 0. The van der Waals surface area contributed by atoms with Crippen molar-refractivity contribution in [3.63, 3.8) is 0 Å².